The van der Waals surface area contributed by atoms with Crippen LogP contribution in [-0.2, 0) is 43.8 Å². The van der Waals surface area contributed by atoms with E-state index >= 15 is 0 Å². The molecular formula is C37H39F6N5O6S2. The molecule has 2 aromatic heterocycles. The maximum atomic E-state index is 15.0. The number of ether oxygens (including phenoxy) is 1. The van der Waals surface area contributed by atoms with Gasteiger partial charge in [0.2, 0.25) is 21.5 Å². The minimum absolute atomic E-state index is 0.0363. The van der Waals surface area contributed by atoms with Gasteiger partial charge in [-0.2, -0.15) is 31.6 Å². The number of pyridine rings is 1. The average molecular weight is 828 g/mol. The molecule has 0 unspecified atom stereocenters. The maximum Gasteiger partial charge on any atom is 0.425 e. The van der Waals surface area contributed by atoms with Crippen molar-refractivity contribution in [3.05, 3.63) is 81.3 Å². The van der Waals surface area contributed by atoms with Gasteiger partial charge in [0.15, 0.2) is 0 Å². The summed E-state index contributed by atoms with van der Waals surface area (Å²) >= 11 is 0.345. The standard InChI is InChI=1S/C37H39F6N5O6S2/c1-3-7-29-35(54-25-20-30(55-22-25)37(41,42)43,13-6-17-48(29)32(50)26-21-45-16-12-28(26)36(38,39)40)33(51)47-18-14-34(23-44,15-19-47)27-9-5-4-8-24(27)10-11-31(49)46-56(2,52)53/h4-5,8-9,12,16,20-22,29H,3,6-7,10-11,13-15,17-19H2,1-2H3,(H,46,49)/t29-,35+/m1/s1. The number of hydrogen-bond donors (Lipinski definition) is 1. The topological polar surface area (TPSA) is 150 Å². The van der Waals surface area contributed by atoms with Crippen LogP contribution in [0.25, 0.3) is 0 Å². The van der Waals surface area contributed by atoms with Gasteiger partial charge in [0.1, 0.15) is 10.6 Å². The zero-order valence-electron chi connectivity index (χ0n) is 30.4. The van der Waals surface area contributed by atoms with Gasteiger partial charge >= 0.3 is 12.4 Å². The van der Waals surface area contributed by atoms with Crippen LogP contribution in [0.5, 0.6) is 5.75 Å². The molecule has 2 aliphatic rings. The van der Waals surface area contributed by atoms with Gasteiger partial charge in [-0.15, -0.1) is 11.3 Å². The number of likely N-dealkylation sites (tertiary alicyclic amines) is 2. The Balaban J connectivity index is 1.50. The van der Waals surface area contributed by atoms with Gasteiger partial charge in [0, 0.05) is 56.3 Å². The SMILES string of the molecule is CCC[C@H]1N(C(=O)c2cnccc2C(F)(F)F)CCC[C@@]1(Oc1csc(C(F)(F)F)c1)C(=O)N1CCC(C#N)(c2ccccc2CCC(=O)NS(C)(=O)=O)CC1. The molecule has 0 bridgehead atoms. The summed E-state index contributed by atoms with van der Waals surface area (Å²) in [4.78, 5) is 46.6. The second-order valence-corrected chi connectivity index (χ2v) is 16.6. The highest BCUT2D eigenvalue weighted by Crippen LogP contribution is 2.44. The molecule has 1 N–H and O–H groups in total. The number of thiophene rings is 1. The maximum absolute atomic E-state index is 15.0. The third kappa shape index (κ3) is 9.12. The summed E-state index contributed by atoms with van der Waals surface area (Å²) in [5.74, 6) is -2.77. The smallest absolute Gasteiger partial charge is 0.425 e. The van der Waals surface area contributed by atoms with Crippen molar-refractivity contribution in [2.45, 2.75) is 87.7 Å². The number of nitriles is 1. The summed E-state index contributed by atoms with van der Waals surface area (Å²) < 4.78 is 115. The van der Waals surface area contributed by atoms with Crippen LogP contribution in [0.3, 0.4) is 0 Å². The first-order valence-corrected chi connectivity index (χ1v) is 20.5. The van der Waals surface area contributed by atoms with Crippen molar-refractivity contribution in [1.82, 2.24) is 19.5 Å². The van der Waals surface area contributed by atoms with E-state index in [4.69, 9.17) is 4.74 Å². The molecule has 2 saturated heterocycles. The van der Waals surface area contributed by atoms with Crippen LogP contribution in [0.15, 0.2) is 54.2 Å². The average Bonchev–Trinajstić information content (AvgIpc) is 3.62. The Morgan fingerprint density at radius 2 is 1.75 bits per heavy atom. The lowest BCUT2D eigenvalue weighted by Gasteiger charge is -2.51. The highest BCUT2D eigenvalue weighted by Gasteiger charge is 2.56. The van der Waals surface area contributed by atoms with Crippen molar-refractivity contribution in [1.29, 1.82) is 5.26 Å². The fourth-order valence-electron chi connectivity index (χ4n) is 7.61. The fraction of sp³-hybridized carbons (Fsp3) is 0.486. The van der Waals surface area contributed by atoms with Crippen LogP contribution in [0, 0.1) is 11.3 Å². The third-order valence-corrected chi connectivity index (χ3v) is 11.7. The number of piperidine rings is 2. The number of carbonyl (C=O) groups excluding carboxylic acids is 3. The quantitative estimate of drug-likeness (QED) is 0.216. The minimum Gasteiger partial charge on any atom is -0.474 e. The second-order valence-electron chi connectivity index (χ2n) is 13.9. The van der Waals surface area contributed by atoms with Crippen molar-refractivity contribution in [3.8, 4) is 11.8 Å². The Bertz CT molecular complexity index is 2090. The second kappa shape index (κ2) is 16.4. The monoisotopic (exact) mass is 827 g/mol. The number of sulfonamides is 1. The first-order chi connectivity index (χ1) is 26.2. The number of alkyl halides is 6. The largest absolute Gasteiger partial charge is 0.474 e. The molecule has 5 rings (SSSR count). The Morgan fingerprint density at radius 3 is 2.36 bits per heavy atom. The van der Waals surface area contributed by atoms with Gasteiger partial charge in [-0.25, -0.2) is 8.42 Å². The van der Waals surface area contributed by atoms with Gasteiger partial charge in [0.05, 0.1) is 34.9 Å². The predicted molar refractivity (Wildman–Crippen MR) is 192 cm³/mol. The number of rotatable bonds is 11. The molecule has 2 aliphatic heterocycles. The van der Waals surface area contributed by atoms with Crippen LogP contribution in [-0.4, -0.2) is 78.5 Å². The van der Waals surface area contributed by atoms with Crippen molar-refractivity contribution >= 4 is 39.1 Å². The van der Waals surface area contributed by atoms with Gasteiger partial charge in [-0.1, -0.05) is 37.6 Å². The van der Waals surface area contributed by atoms with E-state index in [1.54, 1.807) is 31.2 Å². The summed E-state index contributed by atoms with van der Waals surface area (Å²) in [7, 11) is -3.79. The Labute approximate surface area is 323 Å². The number of hydrogen-bond acceptors (Lipinski definition) is 9. The molecule has 1 aromatic carbocycles. The van der Waals surface area contributed by atoms with Gasteiger partial charge in [-0.05, 0) is 49.3 Å². The lowest BCUT2D eigenvalue weighted by Crippen LogP contribution is -2.68. The molecule has 56 heavy (non-hydrogen) atoms. The highest BCUT2D eigenvalue weighted by molar-refractivity contribution is 7.89. The van der Waals surface area contributed by atoms with E-state index in [2.05, 4.69) is 11.1 Å². The Morgan fingerprint density at radius 1 is 1.05 bits per heavy atom. The molecule has 2 atom stereocenters. The van der Waals surface area contributed by atoms with Crippen LogP contribution in [0.2, 0.25) is 0 Å². The predicted octanol–water partition coefficient (Wildman–Crippen LogP) is 6.50. The number of carbonyl (C=O) groups is 3. The number of nitrogens with one attached hydrogen (secondary N) is 1. The molecular weight excluding hydrogens is 789 g/mol. The number of amides is 3. The molecule has 11 nitrogen and oxygen atoms in total. The number of benzene rings is 1. The summed E-state index contributed by atoms with van der Waals surface area (Å²) in [5, 5.41) is 11.7. The first-order valence-electron chi connectivity index (χ1n) is 17.7. The zero-order valence-corrected chi connectivity index (χ0v) is 32.0. The zero-order chi connectivity index (χ0) is 41.1. The molecule has 2 fully saturated rings. The fourth-order valence-corrected chi connectivity index (χ4v) is 8.81. The number of aromatic nitrogens is 1. The lowest BCUT2D eigenvalue weighted by atomic mass is 9.71. The van der Waals surface area contributed by atoms with Gasteiger partial charge < -0.3 is 14.5 Å². The van der Waals surface area contributed by atoms with E-state index in [-0.39, 0.29) is 70.3 Å². The lowest BCUT2D eigenvalue weighted by molar-refractivity contribution is -0.160. The molecule has 0 spiro atoms. The number of nitrogens with zero attached hydrogens (tertiary/aromatic N) is 4. The van der Waals surface area contributed by atoms with Crippen molar-refractivity contribution < 1.29 is 53.9 Å². The summed E-state index contributed by atoms with van der Waals surface area (Å²) in [6.45, 7) is 1.59. The van der Waals surface area contributed by atoms with Crippen LogP contribution in [0.4, 0.5) is 26.3 Å². The van der Waals surface area contributed by atoms with Crippen molar-refractivity contribution in [2.75, 3.05) is 25.9 Å². The van der Waals surface area contributed by atoms with Crippen LogP contribution >= 0.6 is 11.3 Å². The molecule has 0 aliphatic carbocycles. The Kier molecular flexibility index (Phi) is 12.4. The highest BCUT2D eigenvalue weighted by atomic mass is 32.2. The van der Waals surface area contributed by atoms with Gasteiger partial charge in [0.25, 0.3) is 11.8 Å². The molecule has 0 radical (unpaired) electrons. The van der Waals surface area contributed by atoms with Crippen LogP contribution < -0.4 is 9.46 Å². The summed E-state index contributed by atoms with van der Waals surface area (Å²) in [5.41, 5.74) is -3.96. The van der Waals surface area contributed by atoms with E-state index in [1.807, 2.05) is 4.72 Å². The molecule has 19 heteroatoms. The van der Waals surface area contributed by atoms with Crippen molar-refractivity contribution in [3.63, 3.8) is 0 Å². The van der Waals surface area contributed by atoms with E-state index < -0.39 is 73.2 Å². The molecule has 4 heterocycles. The van der Waals surface area contributed by atoms with E-state index in [0.29, 0.717) is 35.0 Å². The van der Waals surface area contributed by atoms with Crippen LogP contribution in [0.1, 0.15) is 83.8 Å². The first kappa shape index (κ1) is 42.4. The molecule has 302 valence electrons. The molecule has 3 amide bonds. The Hall–Kier alpha value is -4.70. The number of halogens is 6. The molecule has 0 saturated carbocycles. The van der Waals surface area contributed by atoms with Gasteiger partial charge in [-0.3, -0.25) is 24.1 Å². The minimum atomic E-state index is -4.92. The van der Waals surface area contributed by atoms with E-state index in [0.717, 1.165) is 35.0 Å². The van der Waals surface area contributed by atoms with E-state index in [1.165, 1.54) is 4.90 Å². The molecule has 3 aromatic rings. The summed E-state index contributed by atoms with van der Waals surface area (Å²) in [6.07, 6.45) is -6.65. The summed E-state index contributed by atoms with van der Waals surface area (Å²) in [6, 6.07) is 9.43. The van der Waals surface area contributed by atoms with E-state index in [9.17, 15) is 54.4 Å². The third-order valence-electron chi connectivity index (χ3n) is 10.1. The normalized spacial score (nSPS) is 20.2. The number of aryl methyl sites for hydroxylation is 1. The van der Waals surface area contributed by atoms with Crippen molar-refractivity contribution in [2.24, 2.45) is 0 Å².